The van der Waals surface area contributed by atoms with Gasteiger partial charge in [-0.25, -0.2) is 0 Å². The van der Waals surface area contributed by atoms with Crippen LogP contribution in [0, 0.1) is 6.92 Å². The second kappa shape index (κ2) is 4.48. The van der Waals surface area contributed by atoms with Gasteiger partial charge in [0.15, 0.2) is 0 Å². The average Bonchev–Trinajstić information content (AvgIpc) is 2.24. The number of halogens is 5. The van der Waals surface area contributed by atoms with Crippen molar-refractivity contribution in [1.29, 1.82) is 0 Å². The number of fused-ring (bicyclic) bond motifs is 1. The normalized spacial score (nSPS) is 11.9. The highest BCUT2D eigenvalue weighted by atomic mass is 35.5. The maximum atomic E-state index is 12.2. The minimum absolute atomic E-state index is 0.174. The van der Waals surface area contributed by atoms with E-state index in [4.69, 9.17) is 23.2 Å². The summed E-state index contributed by atoms with van der Waals surface area (Å²) in [5.74, 6) is -0.494. The minimum atomic E-state index is -4.80. The highest BCUT2D eigenvalue weighted by Crippen LogP contribution is 2.36. The Balaban J connectivity index is 2.63. The molecule has 1 aromatic heterocycles. The molecule has 0 saturated carbocycles. The number of nitrogens with zero attached hydrogens (tertiary/aromatic N) is 1. The fraction of sp³-hybridized carbons (Fsp3) is 0.182. The van der Waals surface area contributed by atoms with Gasteiger partial charge in [0, 0.05) is 11.6 Å². The first-order valence-electron chi connectivity index (χ1n) is 4.78. The van der Waals surface area contributed by atoms with Crippen molar-refractivity contribution in [3.8, 4) is 5.75 Å². The van der Waals surface area contributed by atoms with Crippen LogP contribution in [0.25, 0.3) is 10.9 Å². The molecule has 1 heterocycles. The van der Waals surface area contributed by atoms with Gasteiger partial charge in [0.2, 0.25) is 0 Å². The Morgan fingerprint density at radius 3 is 2.50 bits per heavy atom. The molecule has 7 heteroatoms. The van der Waals surface area contributed by atoms with Gasteiger partial charge in [-0.05, 0) is 24.6 Å². The number of pyridine rings is 1. The fourth-order valence-corrected chi connectivity index (χ4v) is 1.86. The van der Waals surface area contributed by atoms with Gasteiger partial charge in [-0.1, -0.05) is 23.2 Å². The lowest BCUT2D eigenvalue weighted by atomic mass is 10.1. The molecule has 1 aromatic carbocycles. The van der Waals surface area contributed by atoms with Gasteiger partial charge in [-0.2, -0.15) is 0 Å². The highest BCUT2D eigenvalue weighted by Gasteiger charge is 2.32. The van der Waals surface area contributed by atoms with Crippen LogP contribution in [0.15, 0.2) is 18.3 Å². The van der Waals surface area contributed by atoms with Crippen molar-refractivity contribution in [3.63, 3.8) is 0 Å². The van der Waals surface area contributed by atoms with Crippen LogP contribution >= 0.6 is 23.2 Å². The van der Waals surface area contributed by atoms with Crippen LogP contribution < -0.4 is 4.74 Å². The number of aromatic nitrogens is 1. The summed E-state index contributed by atoms with van der Waals surface area (Å²) in [5, 5.41) is 0.510. The van der Waals surface area contributed by atoms with Crippen molar-refractivity contribution < 1.29 is 17.9 Å². The van der Waals surface area contributed by atoms with E-state index in [1.165, 1.54) is 12.3 Å². The molecule has 18 heavy (non-hydrogen) atoms. The van der Waals surface area contributed by atoms with Gasteiger partial charge < -0.3 is 4.74 Å². The third-order valence-electron chi connectivity index (χ3n) is 2.26. The van der Waals surface area contributed by atoms with Crippen LogP contribution in [-0.2, 0) is 0 Å². The average molecular weight is 296 g/mol. The first-order chi connectivity index (χ1) is 8.28. The maximum Gasteiger partial charge on any atom is 0.573 e. The molecular formula is C11H6Cl2F3NO. The van der Waals surface area contributed by atoms with Crippen molar-refractivity contribution in [1.82, 2.24) is 4.98 Å². The molecule has 96 valence electrons. The van der Waals surface area contributed by atoms with Crippen molar-refractivity contribution >= 4 is 34.1 Å². The number of hydrogen-bond acceptors (Lipinski definition) is 2. The Morgan fingerprint density at radius 1 is 1.22 bits per heavy atom. The molecule has 0 saturated heterocycles. The molecule has 0 radical (unpaired) electrons. The van der Waals surface area contributed by atoms with Crippen molar-refractivity contribution in [3.05, 3.63) is 33.9 Å². The van der Waals surface area contributed by atoms with E-state index in [0.29, 0.717) is 21.5 Å². The first-order valence-corrected chi connectivity index (χ1v) is 5.53. The standard InChI is InChI=1S/C11H6Cl2F3NO/c1-5-4-17-8-3-7(12)9(18-11(14,15)16)2-6(8)10(5)13/h2-4H,1H3. The zero-order chi connectivity index (χ0) is 13.5. The van der Waals surface area contributed by atoms with E-state index in [0.717, 1.165) is 6.07 Å². The summed E-state index contributed by atoms with van der Waals surface area (Å²) in [5.41, 5.74) is 1.06. The smallest absolute Gasteiger partial charge is 0.404 e. The molecule has 0 spiro atoms. The van der Waals surface area contributed by atoms with Crippen LogP contribution in [0.1, 0.15) is 5.56 Å². The number of rotatable bonds is 1. The Kier molecular flexibility index (Phi) is 3.29. The number of hydrogen-bond donors (Lipinski definition) is 0. The number of ether oxygens (including phenoxy) is 1. The number of benzene rings is 1. The topological polar surface area (TPSA) is 22.1 Å². The lowest BCUT2D eigenvalue weighted by Gasteiger charge is -2.12. The molecule has 2 aromatic rings. The molecule has 0 bridgehead atoms. The molecule has 2 nitrogen and oxygen atoms in total. The zero-order valence-corrected chi connectivity index (χ0v) is 10.5. The molecule has 0 aliphatic rings. The third kappa shape index (κ3) is 2.62. The first kappa shape index (κ1) is 13.2. The van der Waals surface area contributed by atoms with E-state index in [-0.39, 0.29) is 5.02 Å². The lowest BCUT2D eigenvalue weighted by molar-refractivity contribution is -0.274. The van der Waals surface area contributed by atoms with E-state index >= 15 is 0 Å². The molecule has 0 unspecified atom stereocenters. The van der Waals surface area contributed by atoms with Crippen molar-refractivity contribution in [2.75, 3.05) is 0 Å². The van der Waals surface area contributed by atoms with Crippen LogP contribution in [-0.4, -0.2) is 11.3 Å². The largest absolute Gasteiger partial charge is 0.573 e. The summed E-state index contributed by atoms with van der Waals surface area (Å²) >= 11 is 11.7. The minimum Gasteiger partial charge on any atom is -0.404 e. The zero-order valence-electron chi connectivity index (χ0n) is 8.98. The SMILES string of the molecule is Cc1cnc2cc(Cl)c(OC(F)(F)F)cc2c1Cl. The lowest BCUT2D eigenvalue weighted by Crippen LogP contribution is -2.17. The van der Waals surface area contributed by atoms with E-state index in [9.17, 15) is 13.2 Å². The van der Waals surface area contributed by atoms with E-state index < -0.39 is 12.1 Å². The molecule has 0 amide bonds. The summed E-state index contributed by atoms with van der Waals surface area (Å²) in [7, 11) is 0. The Morgan fingerprint density at radius 2 is 1.89 bits per heavy atom. The Labute approximate surface area is 110 Å². The summed E-state index contributed by atoms with van der Waals surface area (Å²) in [4.78, 5) is 4.03. The molecule has 0 aliphatic heterocycles. The predicted octanol–water partition coefficient (Wildman–Crippen LogP) is 4.75. The molecule has 2 rings (SSSR count). The molecular weight excluding hydrogens is 290 g/mol. The van der Waals surface area contributed by atoms with E-state index in [1.807, 2.05) is 0 Å². The molecule has 0 fully saturated rings. The van der Waals surface area contributed by atoms with Gasteiger partial charge in [0.25, 0.3) is 0 Å². The van der Waals surface area contributed by atoms with Gasteiger partial charge in [0.1, 0.15) is 5.75 Å². The van der Waals surface area contributed by atoms with Crippen LogP contribution in [0.5, 0.6) is 5.75 Å². The second-order valence-electron chi connectivity index (χ2n) is 3.60. The van der Waals surface area contributed by atoms with Crippen LogP contribution in [0.4, 0.5) is 13.2 Å². The van der Waals surface area contributed by atoms with Crippen LogP contribution in [0.2, 0.25) is 10.0 Å². The Bertz CT molecular complexity index is 613. The monoisotopic (exact) mass is 295 g/mol. The molecule has 0 aliphatic carbocycles. The van der Waals surface area contributed by atoms with E-state index in [2.05, 4.69) is 9.72 Å². The quantitative estimate of drug-likeness (QED) is 0.757. The summed E-state index contributed by atoms with van der Waals surface area (Å²) in [6, 6.07) is 2.41. The summed E-state index contributed by atoms with van der Waals surface area (Å²) in [6.07, 6.45) is -3.29. The summed E-state index contributed by atoms with van der Waals surface area (Å²) in [6.45, 7) is 1.70. The van der Waals surface area contributed by atoms with E-state index in [1.54, 1.807) is 6.92 Å². The molecule has 0 atom stereocenters. The van der Waals surface area contributed by atoms with Crippen LogP contribution in [0.3, 0.4) is 0 Å². The highest BCUT2D eigenvalue weighted by molar-refractivity contribution is 6.37. The van der Waals surface area contributed by atoms with Crippen molar-refractivity contribution in [2.45, 2.75) is 13.3 Å². The van der Waals surface area contributed by atoms with Gasteiger partial charge in [-0.3, -0.25) is 4.98 Å². The van der Waals surface area contributed by atoms with Gasteiger partial charge in [0.05, 0.1) is 15.6 Å². The van der Waals surface area contributed by atoms with Gasteiger partial charge in [-0.15, -0.1) is 13.2 Å². The fourth-order valence-electron chi connectivity index (χ4n) is 1.46. The van der Waals surface area contributed by atoms with Gasteiger partial charge >= 0.3 is 6.36 Å². The van der Waals surface area contributed by atoms with Crippen molar-refractivity contribution in [2.24, 2.45) is 0 Å². The molecule has 0 N–H and O–H groups in total. The second-order valence-corrected chi connectivity index (χ2v) is 4.39. The predicted molar refractivity (Wildman–Crippen MR) is 63.2 cm³/mol. The Hall–Kier alpha value is -1.20. The number of alkyl halides is 3. The summed E-state index contributed by atoms with van der Waals surface area (Å²) < 4.78 is 40.3. The third-order valence-corrected chi connectivity index (χ3v) is 3.05. The number of aryl methyl sites for hydroxylation is 1. The maximum absolute atomic E-state index is 12.2.